The number of aliphatic hydroxyl groups excluding tert-OH is 1. The van der Waals surface area contributed by atoms with Crippen molar-refractivity contribution in [2.45, 2.75) is 31.9 Å². The van der Waals surface area contributed by atoms with E-state index in [4.69, 9.17) is 5.11 Å². The molecule has 0 aliphatic rings. The van der Waals surface area contributed by atoms with Gasteiger partial charge in [-0.3, -0.25) is 4.79 Å². The van der Waals surface area contributed by atoms with Crippen molar-refractivity contribution in [3.63, 3.8) is 0 Å². The second kappa shape index (κ2) is 6.62. The Bertz CT molecular complexity index is 313. The number of carbonyl (C=O) groups is 1. The first-order valence-corrected chi connectivity index (χ1v) is 6.19. The molecule has 3 N–H and O–H groups in total. The summed E-state index contributed by atoms with van der Waals surface area (Å²) in [6.45, 7) is 2.35. The average Bonchev–Trinajstić information content (AvgIpc) is 2.76. The van der Waals surface area contributed by atoms with Crippen LogP contribution in [0.1, 0.15) is 30.7 Å². The number of hydrogen-bond acceptors (Lipinski definition) is 4. The maximum atomic E-state index is 10.4. The fraction of sp³-hybridized carbons (Fsp3) is 0.545. The predicted molar refractivity (Wildman–Crippen MR) is 63.6 cm³/mol. The van der Waals surface area contributed by atoms with Gasteiger partial charge < -0.3 is 15.5 Å². The Morgan fingerprint density at radius 1 is 1.62 bits per heavy atom. The molecule has 1 heterocycles. The van der Waals surface area contributed by atoms with Crippen LogP contribution in [0.25, 0.3) is 0 Å². The Morgan fingerprint density at radius 3 is 2.88 bits per heavy atom. The minimum absolute atomic E-state index is 0.0770. The Balaban J connectivity index is 2.44. The molecule has 5 heteroatoms. The topological polar surface area (TPSA) is 69.6 Å². The third kappa shape index (κ3) is 3.92. The van der Waals surface area contributed by atoms with Crippen molar-refractivity contribution in [3.8, 4) is 0 Å². The molecule has 0 radical (unpaired) electrons. The quantitative estimate of drug-likeness (QED) is 0.680. The molecule has 4 nitrogen and oxygen atoms in total. The number of thiophene rings is 1. The minimum atomic E-state index is -0.826. The van der Waals surface area contributed by atoms with Crippen LogP contribution in [-0.4, -0.2) is 28.8 Å². The van der Waals surface area contributed by atoms with Gasteiger partial charge in [0, 0.05) is 17.5 Å². The molecule has 1 rings (SSSR count). The molecule has 1 aromatic rings. The van der Waals surface area contributed by atoms with E-state index in [1.54, 1.807) is 0 Å². The van der Waals surface area contributed by atoms with Crippen molar-refractivity contribution < 1.29 is 15.0 Å². The third-order valence-electron chi connectivity index (χ3n) is 2.40. The Hall–Kier alpha value is -0.910. The van der Waals surface area contributed by atoms with E-state index < -0.39 is 12.1 Å². The van der Waals surface area contributed by atoms with Gasteiger partial charge in [0.25, 0.3) is 0 Å². The molecule has 2 unspecified atom stereocenters. The number of carboxylic acids is 1. The van der Waals surface area contributed by atoms with Crippen LogP contribution >= 0.6 is 11.3 Å². The number of rotatable bonds is 7. The van der Waals surface area contributed by atoms with Crippen LogP contribution in [0.3, 0.4) is 0 Å². The number of nitrogens with one attached hydrogen (secondary N) is 1. The molecule has 16 heavy (non-hydrogen) atoms. The van der Waals surface area contributed by atoms with E-state index in [-0.39, 0.29) is 12.5 Å². The molecule has 2 atom stereocenters. The molecule has 0 bridgehead atoms. The lowest BCUT2D eigenvalue weighted by molar-refractivity contribution is -0.136. The Labute approximate surface area is 98.9 Å². The number of aliphatic hydroxyl groups is 1. The average molecular weight is 243 g/mol. The van der Waals surface area contributed by atoms with Crippen LogP contribution in [-0.2, 0) is 4.79 Å². The van der Waals surface area contributed by atoms with Crippen LogP contribution in [0.5, 0.6) is 0 Å². The second-order valence-corrected chi connectivity index (χ2v) is 4.55. The Kier molecular flexibility index (Phi) is 5.45. The van der Waals surface area contributed by atoms with Gasteiger partial charge in [0.1, 0.15) is 6.10 Å². The number of aliphatic carboxylic acids is 1. The van der Waals surface area contributed by atoms with Gasteiger partial charge in [0.15, 0.2) is 0 Å². The second-order valence-electron chi connectivity index (χ2n) is 3.57. The normalized spacial score (nSPS) is 14.6. The summed E-state index contributed by atoms with van der Waals surface area (Å²) in [6, 6.07) is 3.70. The molecular weight excluding hydrogens is 226 g/mol. The summed E-state index contributed by atoms with van der Waals surface area (Å²) in [5.41, 5.74) is 0. The van der Waals surface area contributed by atoms with Crippen molar-refractivity contribution >= 4 is 17.3 Å². The van der Waals surface area contributed by atoms with Crippen molar-refractivity contribution in [3.05, 3.63) is 22.4 Å². The van der Waals surface area contributed by atoms with E-state index in [0.29, 0.717) is 6.54 Å². The van der Waals surface area contributed by atoms with E-state index in [9.17, 15) is 9.90 Å². The molecule has 0 aliphatic heterocycles. The van der Waals surface area contributed by atoms with E-state index in [1.807, 2.05) is 24.4 Å². The van der Waals surface area contributed by atoms with E-state index in [1.165, 1.54) is 11.3 Å². The highest BCUT2D eigenvalue weighted by molar-refractivity contribution is 7.10. The molecule has 0 saturated heterocycles. The molecule has 1 aromatic heterocycles. The van der Waals surface area contributed by atoms with Gasteiger partial charge >= 0.3 is 5.97 Å². The molecule has 0 saturated carbocycles. The zero-order valence-corrected chi connectivity index (χ0v) is 10.0. The van der Waals surface area contributed by atoms with Gasteiger partial charge in [-0.1, -0.05) is 13.0 Å². The molecule has 0 aliphatic carbocycles. The van der Waals surface area contributed by atoms with E-state index in [0.717, 1.165) is 11.3 Å². The summed E-state index contributed by atoms with van der Waals surface area (Å²) < 4.78 is 0. The molecule has 0 fully saturated rings. The van der Waals surface area contributed by atoms with Crippen LogP contribution in [0.15, 0.2) is 17.5 Å². The summed E-state index contributed by atoms with van der Waals surface area (Å²) in [5, 5.41) is 23.5. The van der Waals surface area contributed by atoms with Crippen molar-refractivity contribution in [2.75, 3.05) is 6.54 Å². The third-order valence-corrected chi connectivity index (χ3v) is 3.34. The van der Waals surface area contributed by atoms with Gasteiger partial charge in [0.05, 0.1) is 6.42 Å². The summed E-state index contributed by atoms with van der Waals surface area (Å²) in [6.07, 6.45) is 0.283. The first-order valence-electron chi connectivity index (χ1n) is 5.31. The predicted octanol–water partition coefficient (Wildman–Crippen LogP) is 1.62. The molecule has 90 valence electrons. The largest absolute Gasteiger partial charge is 0.481 e. The summed E-state index contributed by atoms with van der Waals surface area (Å²) >= 11 is 1.51. The van der Waals surface area contributed by atoms with Crippen molar-refractivity contribution in [2.24, 2.45) is 0 Å². The minimum Gasteiger partial charge on any atom is -0.481 e. The molecule has 0 aromatic carbocycles. The number of hydrogen-bond donors (Lipinski definition) is 3. The van der Waals surface area contributed by atoms with Crippen molar-refractivity contribution in [1.29, 1.82) is 0 Å². The molecule has 0 spiro atoms. The Morgan fingerprint density at radius 2 is 2.38 bits per heavy atom. The lowest BCUT2D eigenvalue weighted by Gasteiger charge is -2.21. The lowest BCUT2D eigenvalue weighted by Crippen LogP contribution is -2.35. The lowest BCUT2D eigenvalue weighted by atomic mass is 10.1. The highest BCUT2D eigenvalue weighted by Crippen LogP contribution is 2.23. The highest BCUT2D eigenvalue weighted by Gasteiger charge is 2.19. The van der Waals surface area contributed by atoms with Crippen LogP contribution in [0.2, 0.25) is 0 Å². The van der Waals surface area contributed by atoms with Gasteiger partial charge in [0.2, 0.25) is 0 Å². The number of carboxylic acid groups (broad SMARTS) is 1. The highest BCUT2D eigenvalue weighted by atomic mass is 32.1. The van der Waals surface area contributed by atoms with Gasteiger partial charge in [-0.2, -0.15) is 0 Å². The maximum Gasteiger partial charge on any atom is 0.304 e. The van der Waals surface area contributed by atoms with Gasteiger partial charge in [-0.15, -0.1) is 11.3 Å². The monoisotopic (exact) mass is 243 g/mol. The van der Waals surface area contributed by atoms with E-state index >= 15 is 0 Å². The van der Waals surface area contributed by atoms with Crippen LogP contribution in [0, 0.1) is 0 Å². The first-order chi connectivity index (χ1) is 7.65. The summed E-state index contributed by atoms with van der Waals surface area (Å²) in [5.74, 6) is -0.826. The van der Waals surface area contributed by atoms with Gasteiger partial charge in [-0.05, 0) is 17.9 Å². The molecule has 0 amide bonds. The summed E-state index contributed by atoms with van der Waals surface area (Å²) in [7, 11) is 0. The first kappa shape index (κ1) is 13.2. The summed E-state index contributed by atoms with van der Waals surface area (Å²) in [4.78, 5) is 11.3. The molecular formula is C11H17NO3S. The van der Waals surface area contributed by atoms with Crippen LogP contribution in [0.4, 0.5) is 0 Å². The maximum absolute atomic E-state index is 10.4. The SMILES string of the molecule is CCC(NCCC(=O)O)C(O)c1cccs1. The van der Waals surface area contributed by atoms with Crippen LogP contribution < -0.4 is 5.32 Å². The fourth-order valence-electron chi connectivity index (χ4n) is 1.50. The van der Waals surface area contributed by atoms with Crippen molar-refractivity contribution in [1.82, 2.24) is 5.32 Å². The van der Waals surface area contributed by atoms with Gasteiger partial charge in [-0.25, -0.2) is 0 Å². The smallest absolute Gasteiger partial charge is 0.304 e. The zero-order valence-electron chi connectivity index (χ0n) is 9.22. The zero-order chi connectivity index (χ0) is 12.0. The van der Waals surface area contributed by atoms with E-state index in [2.05, 4.69) is 5.32 Å². The fourth-order valence-corrected chi connectivity index (χ4v) is 2.28. The standard InChI is InChI=1S/C11H17NO3S/c1-2-8(12-6-5-10(13)14)11(15)9-4-3-7-16-9/h3-4,7-8,11-12,15H,2,5-6H2,1H3,(H,13,14).